The van der Waals surface area contributed by atoms with Crippen LogP contribution in [0.1, 0.15) is 0 Å². The Morgan fingerprint density at radius 2 is 1.20 bits per heavy atom. The van der Waals surface area contributed by atoms with Gasteiger partial charge in [0.2, 0.25) is 0 Å². The average Bonchev–Trinajstić information content (AvgIpc) is 2.71. The van der Waals surface area contributed by atoms with Gasteiger partial charge in [-0.15, -0.1) is 0 Å². The first kappa shape index (κ1) is 22.8. The van der Waals surface area contributed by atoms with Crippen molar-refractivity contribution < 1.29 is 28.7 Å². The molecule has 0 spiro atoms. The van der Waals surface area contributed by atoms with E-state index in [0.717, 1.165) is 12.4 Å². The van der Waals surface area contributed by atoms with E-state index in [0.29, 0.717) is 32.9 Å². The van der Waals surface area contributed by atoms with Gasteiger partial charge >= 0.3 is 12.2 Å². The van der Waals surface area contributed by atoms with Crippen molar-refractivity contribution >= 4 is 59.2 Å². The van der Waals surface area contributed by atoms with Crippen molar-refractivity contribution in [3.05, 3.63) is 46.4 Å². The van der Waals surface area contributed by atoms with Gasteiger partial charge < -0.3 is 9.47 Å². The number of carbonyl (C=O) groups is 2. The summed E-state index contributed by atoms with van der Waals surface area (Å²) in [5, 5.41) is 12.1. The summed E-state index contributed by atoms with van der Waals surface area (Å²) in [6.07, 6.45) is 0.266. The summed E-state index contributed by atoms with van der Waals surface area (Å²) in [4.78, 5) is 32.3. The fourth-order valence-corrected chi connectivity index (χ4v) is 2.50. The van der Waals surface area contributed by atoms with E-state index < -0.39 is 12.2 Å². The van der Waals surface area contributed by atoms with Crippen molar-refractivity contribution in [1.82, 2.24) is 0 Å². The Bertz CT molecular complexity index is 890. The van der Waals surface area contributed by atoms with Crippen molar-refractivity contribution in [2.24, 2.45) is 10.3 Å². The molecule has 0 atom stereocenters. The lowest BCUT2D eigenvalue weighted by Gasteiger charge is -2.06. The molecule has 0 heterocycles. The third-order valence-corrected chi connectivity index (χ3v) is 3.85. The van der Waals surface area contributed by atoms with Gasteiger partial charge in [-0.1, -0.05) is 33.5 Å². The van der Waals surface area contributed by atoms with Crippen LogP contribution in [0.25, 0.3) is 0 Å². The van der Waals surface area contributed by atoms with Crippen LogP contribution in [0.3, 0.4) is 0 Å². The Kier molecular flexibility index (Phi) is 8.73. The molecule has 30 heavy (non-hydrogen) atoms. The quantitative estimate of drug-likeness (QED) is 0.352. The van der Waals surface area contributed by atoms with E-state index in [2.05, 4.69) is 30.6 Å². The summed E-state index contributed by atoms with van der Waals surface area (Å²) in [7, 11) is 2.95. The molecule has 0 aliphatic carbocycles. The normalized spacial score (nSPS) is 10.7. The molecular weight excluding hydrogens is 439 g/mol. The van der Waals surface area contributed by atoms with Crippen LogP contribution >= 0.6 is 23.2 Å². The molecule has 0 bridgehead atoms. The van der Waals surface area contributed by atoms with Crippen LogP contribution < -0.4 is 20.1 Å². The van der Waals surface area contributed by atoms with Gasteiger partial charge in [-0.2, -0.15) is 0 Å². The Balaban J connectivity index is 1.73. The molecule has 2 aromatic carbocycles. The van der Waals surface area contributed by atoms with Gasteiger partial charge in [0.25, 0.3) is 0 Å². The Morgan fingerprint density at radius 3 is 1.53 bits per heavy atom. The first-order chi connectivity index (χ1) is 14.4. The second kappa shape index (κ2) is 11.5. The lowest BCUT2D eigenvalue weighted by atomic mass is 10.3. The number of rotatable bonds is 7. The maximum atomic E-state index is 11.6. The lowest BCUT2D eigenvalue weighted by molar-refractivity contribution is 0.165. The van der Waals surface area contributed by atoms with Crippen molar-refractivity contribution in [1.29, 1.82) is 0 Å². The van der Waals surface area contributed by atoms with Crippen LogP contribution in [0.2, 0.25) is 10.0 Å². The van der Waals surface area contributed by atoms with Gasteiger partial charge in [0.15, 0.2) is 0 Å². The topological polar surface area (TPSA) is 120 Å². The van der Waals surface area contributed by atoms with Crippen LogP contribution in [0.5, 0.6) is 11.5 Å². The maximum Gasteiger partial charge on any atom is 0.437 e. The number of anilines is 2. The Morgan fingerprint density at radius 1 is 0.800 bits per heavy atom. The molecule has 12 heteroatoms. The van der Waals surface area contributed by atoms with E-state index in [1.807, 2.05) is 0 Å². The van der Waals surface area contributed by atoms with Crippen molar-refractivity contribution in [2.45, 2.75) is 0 Å². The molecule has 2 rings (SSSR count). The standard InChI is InChI=1S/C18H16Cl2N4O6/c1-27-15-5-3-11(9-13(15)19)23-17(25)29-21-7-8-22-30-18(26)24-12-4-6-16(28-2)14(20)10-12/h3-10H,1-2H3,(H,23,25)(H,24,26)/b21-7+,22-8+. The predicted octanol–water partition coefficient (Wildman–Crippen LogP) is 4.78. The minimum Gasteiger partial charge on any atom is -0.495 e. The second-order valence-corrected chi connectivity index (χ2v) is 6.03. The molecule has 0 unspecified atom stereocenters. The SMILES string of the molecule is COc1ccc(NC(=O)O/N=C/C=N/OC(=O)Nc2ccc(OC)c(Cl)c2)cc1Cl. The molecule has 0 fully saturated rings. The number of nitrogens with zero attached hydrogens (tertiary/aromatic N) is 2. The minimum atomic E-state index is -0.865. The third kappa shape index (κ3) is 7.15. The summed E-state index contributed by atoms with van der Waals surface area (Å²) in [5.74, 6) is 0.924. The van der Waals surface area contributed by atoms with E-state index in [1.54, 1.807) is 24.3 Å². The number of amides is 2. The zero-order chi connectivity index (χ0) is 21.9. The molecule has 0 saturated carbocycles. The first-order valence-electron chi connectivity index (χ1n) is 8.11. The van der Waals surface area contributed by atoms with E-state index >= 15 is 0 Å². The monoisotopic (exact) mass is 454 g/mol. The van der Waals surface area contributed by atoms with Gasteiger partial charge in [-0.3, -0.25) is 20.3 Å². The number of nitrogens with one attached hydrogen (secondary N) is 2. The number of hydrogen-bond acceptors (Lipinski definition) is 8. The smallest absolute Gasteiger partial charge is 0.437 e. The largest absolute Gasteiger partial charge is 0.495 e. The van der Waals surface area contributed by atoms with E-state index in [9.17, 15) is 9.59 Å². The van der Waals surface area contributed by atoms with E-state index in [-0.39, 0.29) is 0 Å². The molecular formula is C18H16Cl2N4O6. The summed E-state index contributed by atoms with van der Waals surface area (Å²) < 4.78 is 10.0. The highest BCUT2D eigenvalue weighted by Gasteiger charge is 2.07. The van der Waals surface area contributed by atoms with Crippen LogP contribution in [0.15, 0.2) is 46.7 Å². The maximum absolute atomic E-state index is 11.6. The van der Waals surface area contributed by atoms with Gasteiger partial charge in [0.05, 0.1) is 36.7 Å². The van der Waals surface area contributed by atoms with E-state index in [1.165, 1.54) is 26.4 Å². The molecule has 2 aromatic rings. The molecule has 0 saturated heterocycles. The number of halogens is 2. The van der Waals surface area contributed by atoms with E-state index in [4.69, 9.17) is 32.7 Å². The molecule has 0 aliphatic rings. The number of hydrogen-bond donors (Lipinski definition) is 2. The molecule has 10 nitrogen and oxygen atoms in total. The van der Waals surface area contributed by atoms with Crippen molar-refractivity contribution in [2.75, 3.05) is 24.9 Å². The highest BCUT2D eigenvalue weighted by atomic mass is 35.5. The van der Waals surface area contributed by atoms with Crippen LogP contribution in [-0.2, 0) is 9.68 Å². The van der Waals surface area contributed by atoms with Crippen LogP contribution in [0, 0.1) is 0 Å². The molecule has 0 aliphatic heterocycles. The summed E-state index contributed by atoms with van der Waals surface area (Å²) in [6, 6.07) is 9.26. The Labute approximate surface area is 181 Å². The van der Waals surface area contributed by atoms with Crippen molar-refractivity contribution in [3.63, 3.8) is 0 Å². The van der Waals surface area contributed by atoms with Gasteiger partial charge in [0, 0.05) is 11.4 Å². The predicted molar refractivity (Wildman–Crippen MR) is 113 cm³/mol. The van der Waals surface area contributed by atoms with Gasteiger partial charge in [-0.25, -0.2) is 9.59 Å². The van der Waals surface area contributed by atoms with Gasteiger partial charge in [-0.05, 0) is 36.4 Å². The fraction of sp³-hybridized carbons (Fsp3) is 0.111. The van der Waals surface area contributed by atoms with Crippen molar-refractivity contribution in [3.8, 4) is 11.5 Å². The minimum absolute atomic E-state index is 0.318. The fourth-order valence-electron chi connectivity index (χ4n) is 1.98. The number of benzene rings is 2. The molecule has 158 valence electrons. The number of methoxy groups -OCH3 is 2. The summed E-state index contributed by atoms with van der Waals surface area (Å²) in [5.41, 5.74) is 0.765. The number of oxime groups is 2. The van der Waals surface area contributed by atoms with Gasteiger partial charge in [0.1, 0.15) is 11.5 Å². The number of carbonyl (C=O) groups excluding carboxylic acids is 2. The highest BCUT2D eigenvalue weighted by molar-refractivity contribution is 6.32. The summed E-state index contributed by atoms with van der Waals surface area (Å²) in [6.45, 7) is 0. The molecule has 0 aromatic heterocycles. The third-order valence-electron chi connectivity index (χ3n) is 3.26. The zero-order valence-electron chi connectivity index (χ0n) is 15.7. The zero-order valence-corrected chi connectivity index (χ0v) is 17.2. The van der Waals surface area contributed by atoms with Crippen LogP contribution in [0.4, 0.5) is 21.0 Å². The first-order valence-corrected chi connectivity index (χ1v) is 8.87. The molecule has 0 radical (unpaired) electrons. The molecule has 2 amide bonds. The Hall–Kier alpha value is -3.50. The van der Waals surface area contributed by atoms with Crippen LogP contribution in [-0.4, -0.2) is 38.8 Å². The lowest BCUT2D eigenvalue weighted by Crippen LogP contribution is -2.11. The molecule has 2 N–H and O–H groups in total. The number of ether oxygens (including phenoxy) is 2. The average molecular weight is 455 g/mol. The second-order valence-electron chi connectivity index (χ2n) is 5.22. The highest BCUT2D eigenvalue weighted by Crippen LogP contribution is 2.28. The summed E-state index contributed by atoms with van der Waals surface area (Å²) >= 11 is 11.9.